The maximum absolute atomic E-state index is 4.42. The number of nitrogens with zero attached hydrogens (tertiary/aromatic N) is 5. The molecule has 1 aromatic rings. The second-order valence-corrected chi connectivity index (χ2v) is 5.75. The predicted molar refractivity (Wildman–Crippen MR) is 102 cm³/mol. The molecule has 2 rings (SSSR count). The summed E-state index contributed by atoms with van der Waals surface area (Å²) in [4.78, 5) is 9.06. The molecule has 0 amide bonds. The Kier molecular flexibility index (Phi) is 8.16. The molecule has 1 unspecified atom stereocenters. The summed E-state index contributed by atoms with van der Waals surface area (Å²) in [5.41, 5.74) is 1.33. The molecule has 126 valence electrons. The van der Waals surface area contributed by atoms with Crippen LogP contribution in [0.1, 0.15) is 24.8 Å². The van der Waals surface area contributed by atoms with Crippen molar-refractivity contribution in [3.8, 4) is 0 Å². The van der Waals surface area contributed by atoms with Crippen LogP contribution in [-0.2, 0) is 7.05 Å². The normalized spacial score (nSPS) is 18.7. The summed E-state index contributed by atoms with van der Waals surface area (Å²) in [5, 5.41) is 7.74. The number of nitrogens with one attached hydrogen (secondary N) is 1. The molecule has 1 aliphatic heterocycles. The monoisotopic (exact) mass is 420 g/mol. The first-order valence-corrected chi connectivity index (χ1v) is 7.76. The number of hydrogen-bond donors (Lipinski definition) is 1. The van der Waals surface area contributed by atoms with Gasteiger partial charge in [0.1, 0.15) is 0 Å². The number of hydrogen-bond acceptors (Lipinski definition) is 3. The Morgan fingerprint density at radius 3 is 2.91 bits per heavy atom. The van der Waals surface area contributed by atoms with Gasteiger partial charge in [-0.3, -0.25) is 9.67 Å². The van der Waals surface area contributed by atoms with Gasteiger partial charge in [-0.2, -0.15) is 5.10 Å². The topological polar surface area (TPSA) is 48.7 Å². The summed E-state index contributed by atoms with van der Waals surface area (Å²) in [6.45, 7) is 7.30. The highest BCUT2D eigenvalue weighted by Crippen LogP contribution is 2.26. The van der Waals surface area contributed by atoms with Crippen molar-refractivity contribution in [3.05, 3.63) is 18.0 Å². The van der Waals surface area contributed by atoms with Gasteiger partial charge in [0.25, 0.3) is 0 Å². The SMILES string of the molecule is CCN(C)CCNC(=NC)N1CCC(c2cnn(C)c2)C1.I. The molecular weight excluding hydrogens is 391 g/mol. The molecule has 1 saturated heterocycles. The van der Waals surface area contributed by atoms with Crippen molar-refractivity contribution < 1.29 is 0 Å². The summed E-state index contributed by atoms with van der Waals surface area (Å²) >= 11 is 0. The second kappa shape index (κ2) is 9.34. The Morgan fingerprint density at radius 2 is 2.32 bits per heavy atom. The maximum Gasteiger partial charge on any atom is 0.193 e. The second-order valence-electron chi connectivity index (χ2n) is 5.75. The number of aromatic nitrogens is 2. The van der Waals surface area contributed by atoms with Gasteiger partial charge >= 0.3 is 0 Å². The number of likely N-dealkylation sites (N-methyl/N-ethyl adjacent to an activating group) is 1. The summed E-state index contributed by atoms with van der Waals surface area (Å²) in [6, 6.07) is 0. The van der Waals surface area contributed by atoms with E-state index in [1.54, 1.807) is 0 Å². The molecule has 1 aromatic heterocycles. The average Bonchev–Trinajstić information content (AvgIpc) is 3.12. The number of aliphatic imine (C=N–C) groups is 1. The minimum atomic E-state index is 0. The maximum atomic E-state index is 4.42. The van der Waals surface area contributed by atoms with Crippen LogP contribution in [0.4, 0.5) is 0 Å². The van der Waals surface area contributed by atoms with E-state index in [4.69, 9.17) is 0 Å². The average molecular weight is 420 g/mol. The van der Waals surface area contributed by atoms with Crippen LogP contribution in [0.25, 0.3) is 0 Å². The van der Waals surface area contributed by atoms with Crippen LogP contribution in [0.5, 0.6) is 0 Å². The van der Waals surface area contributed by atoms with Crippen molar-refractivity contribution in [3.63, 3.8) is 0 Å². The largest absolute Gasteiger partial charge is 0.355 e. The quantitative estimate of drug-likeness (QED) is 0.444. The number of halogens is 1. The molecule has 1 N–H and O–H groups in total. The third-order valence-corrected chi connectivity index (χ3v) is 4.21. The molecule has 1 atom stereocenters. The Bertz CT molecular complexity index is 472. The number of rotatable bonds is 5. The molecule has 0 aliphatic carbocycles. The highest BCUT2D eigenvalue weighted by atomic mass is 127. The van der Waals surface area contributed by atoms with Gasteiger partial charge in [-0.1, -0.05) is 6.92 Å². The lowest BCUT2D eigenvalue weighted by Gasteiger charge is -2.23. The minimum absolute atomic E-state index is 0. The summed E-state index contributed by atoms with van der Waals surface area (Å²) in [7, 11) is 5.98. The smallest absolute Gasteiger partial charge is 0.193 e. The lowest BCUT2D eigenvalue weighted by Crippen LogP contribution is -2.42. The van der Waals surface area contributed by atoms with E-state index in [-0.39, 0.29) is 24.0 Å². The van der Waals surface area contributed by atoms with Crippen molar-refractivity contribution in [2.45, 2.75) is 19.3 Å². The first kappa shape index (κ1) is 19.2. The zero-order valence-electron chi connectivity index (χ0n) is 14.1. The molecule has 1 fully saturated rings. The van der Waals surface area contributed by atoms with E-state index >= 15 is 0 Å². The van der Waals surface area contributed by atoms with E-state index in [2.05, 4.69) is 45.4 Å². The van der Waals surface area contributed by atoms with Crippen LogP contribution in [-0.4, -0.2) is 72.4 Å². The lowest BCUT2D eigenvalue weighted by molar-refractivity contribution is 0.354. The van der Waals surface area contributed by atoms with Crippen LogP contribution < -0.4 is 5.32 Å². The van der Waals surface area contributed by atoms with Gasteiger partial charge in [0, 0.05) is 52.4 Å². The molecule has 6 nitrogen and oxygen atoms in total. The fourth-order valence-corrected chi connectivity index (χ4v) is 2.72. The van der Waals surface area contributed by atoms with Gasteiger partial charge in [0.2, 0.25) is 0 Å². The van der Waals surface area contributed by atoms with Crippen LogP contribution in [0.3, 0.4) is 0 Å². The van der Waals surface area contributed by atoms with E-state index in [1.807, 2.05) is 25.0 Å². The van der Waals surface area contributed by atoms with Gasteiger partial charge in [0.15, 0.2) is 5.96 Å². The molecule has 22 heavy (non-hydrogen) atoms. The van der Waals surface area contributed by atoms with Crippen LogP contribution in [0.2, 0.25) is 0 Å². The Labute approximate surface area is 151 Å². The van der Waals surface area contributed by atoms with Crippen LogP contribution >= 0.6 is 24.0 Å². The highest BCUT2D eigenvalue weighted by Gasteiger charge is 2.26. The third kappa shape index (κ3) is 5.12. The van der Waals surface area contributed by atoms with Crippen LogP contribution in [0, 0.1) is 0 Å². The van der Waals surface area contributed by atoms with Gasteiger partial charge < -0.3 is 15.1 Å². The van der Waals surface area contributed by atoms with Crippen molar-refractivity contribution in [2.24, 2.45) is 12.0 Å². The predicted octanol–water partition coefficient (Wildman–Crippen LogP) is 1.35. The van der Waals surface area contributed by atoms with Gasteiger partial charge in [0.05, 0.1) is 6.20 Å². The Balaban J connectivity index is 0.00000242. The Morgan fingerprint density at radius 1 is 1.55 bits per heavy atom. The zero-order chi connectivity index (χ0) is 15.2. The molecular formula is C15H29IN6. The van der Waals surface area contributed by atoms with Gasteiger partial charge in [-0.05, 0) is 25.6 Å². The summed E-state index contributed by atoms with van der Waals surface area (Å²) in [6.07, 6.45) is 5.28. The summed E-state index contributed by atoms with van der Waals surface area (Å²) in [5.74, 6) is 1.58. The molecule has 7 heteroatoms. The first-order chi connectivity index (χ1) is 10.1. The van der Waals surface area contributed by atoms with E-state index < -0.39 is 0 Å². The third-order valence-electron chi connectivity index (χ3n) is 4.21. The molecule has 0 spiro atoms. The van der Waals surface area contributed by atoms with E-state index in [1.165, 1.54) is 12.0 Å². The molecule has 0 radical (unpaired) electrons. The van der Waals surface area contributed by atoms with Gasteiger partial charge in [-0.25, -0.2) is 0 Å². The van der Waals surface area contributed by atoms with Crippen LogP contribution in [0.15, 0.2) is 17.4 Å². The van der Waals surface area contributed by atoms with E-state index in [0.717, 1.165) is 38.7 Å². The highest BCUT2D eigenvalue weighted by molar-refractivity contribution is 14.0. The molecule has 0 saturated carbocycles. The van der Waals surface area contributed by atoms with Crippen molar-refractivity contribution in [1.82, 2.24) is 24.9 Å². The number of guanidine groups is 1. The molecule has 1 aliphatic rings. The van der Waals surface area contributed by atoms with Crippen molar-refractivity contribution >= 4 is 29.9 Å². The summed E-state index contributed by atoms with van der Waals surface area (Å²) < 4.78 is 1.88. The van der Waals surface area contributed by atoms with Crippen molar-refractivity contribution in [1.29, 1.82) is 0 Å². The fourth-order valence-electron chi connectivity index (χ4n) is 2.72. The lowest BCUT2D eigenvalue weighted by atomic mass is 10.0. The van der Waals surface area contributed by atoms with E-state index in [9.17, 15) is 0 Å². The molecule has 0 bridgehead atoms. The molecule has 2 heterocycles. The minimum Gasteiger partial charge on any atom is -0.355 e. The van der Waals surface area contributed by atoms with Crippen molar-refractivity contribution in [2.75, 3.05) is 46.8 Å². The Hall–Kier alpha value is -0.830. The molecule has 0 aromatic carbocycles. The fraction of sp³-hybridized carbons (Fsp3) is 0.733. The standard InChI is InChI=1S/C15H28N6.HI/c1-5-19(3)9-7-17-15(16-2)21-8-6-13(12-21)14-10-18-20(4)11-14;/h10-11,13H,5-9,12H2,1-4H3,(H,16,17);1H. The van der Waals surface area contributed by atoms with Gasteiger partial charge in [-0.15, -0.1) is 24.0 Å². The van der Waals surface area contributed by atoms with E-state index in [0.29, 0.717) is 5.92 Å². The number of aryl methyl sites for hydroxylation is 1. The zero-order valence-corrected chi connectivity index (χ0v) is 16.4. The number of likely N-dealkylation sites (tertiary alicyclic amines) is 1. The first-order valence-electron chi connectivity index (χ1n) is 7.76.